The van der Waals surface area contributed by atoms with Crippen LogP contribution in [0.1, 0.15) is 45.6 Å². The monoisotopic (exact) mass is 916 g/mol. The van der Waals surface area contributed by atoms with E-state index in [1.54, 1.807) is 0 Å². The first-order valence-corrected chi connectivity index (χ1v) is 21.3. The van der Waals surface area contributed by atoms with Gasteiger partial charge in [0.05, 0.1) is 37.4 Å². The number of benzene rings is 1. The maximum absolute atomic E-state index is 14.5. The van der Waals surface area contributed by atoms with Crippen LogP contribution in [-0.2, 0) is 50.4 Å². The lowest BCUT2D eigenvalue weighted by Crippen LogP contribution is -2.63. The highest BCUT2D eigenvalue weighted by Gasteiger charge is 2.50. The van der Waals surface area contributed by atoms with Crippen molar-refractivity contribution in [2.75, 3.05) is 26.7 Å². The molecule has 352 valence electrons. The Hall–Kier alpha value is -5.22. The van der Waals surface area contributed by atoms with E-state index in [0.717, 1.165) is 21.9 Å². The Morgan fingerprint density at radius 2 is 1.56 bits per heavy atom. The molecule has 0 spiro atoms. The van der Waals surface area contributed by atoms with Gasteiger partial charge in [0.2, 0.25) is 41.4 Å². The number of nitrogens with zero attached hydrogens (tertiary/aromatic N) is 2. The maximum atomic E-state index is 14.5. The predicted molar refractivity (Wildman–Crippen MR) is 213 cm³/mol. The molecule has 4 rings (SSSR count). The van der Waals surface area contributed by atoms with Crippen LogP contribution < -0.4 is 36.5 Å². The zero-order valence-corrected chi connectivity index (χ0v) is 35.6. The number of phenolic OH excluding ortho intramolecular Hbond substituents is 1. The quantitative estimate of drug-likeness (QED) is 0.0971. The zero-order chi connectivity index (χ0) is 47.2. The summed E-state index contributed by atoms with van der Waals surface area (Å²) in [5.41, 5.74) is 5.48. The van der Waals surface area contributed by atoms with Gasteiger partial charge in [0.25, 0.3) is 0 Å². The Labute approximate surface area is 361 Å². The van der Waals surface area contributed by atoms with Gasteiger partial charge in [0, 0.05) is 31.3 Å². The minimum absolute atomic E-state index is 0.143. The van der Waals surface area contributed by atoms with Crippen LogP contribution in [0.5, 0.6) is 11.5 Å². The second kappa shape index (κ2) is 21.0. The number of primary amides is 1. The number of amides is 7. The number of phenols is 1. The van der Waals surface area contributed by atoms with E-state index in [1.807, 2.05) is 0 Å². The molecule has 25 nitrogen and oxygen atoms in total. The molecule has 26 heteroatoms. The third-order valence-corrected chi connectivity index (χ3v) is 11.7. The van der Waals surface area contributed by atoms with Crippen molar-refractivity contribution in [1.82, 2.24) is 36.4 Å². The van der Waals surface area contributed by atoms with Crippen LogP contribution in [0.3, 0.4) is 0 Å². The fourth-order valence-corrected chi connectivity index (χ4v) is 8.24. The molecule has 13 atom stereocenters. The molecule has 3 aliphatic heterocycles. The van der Waals surface area contributed by atoms with Crippen molar-refractivity contribution >= 4 is 51.7 Å². The van der Waals surface area contributed by atoms with Gasteiger partial charge >= 0.3 is 10.4 Å². The molecule has 3 aliphatic rings. The molecule has 3 saturated heterocycles. The number of aliphatic hydroxyl groups excluding tert-OH is 5. The van der Waals surface area contributed by atoms with Gasteiger partial charge in [-0.1, -0.05) is 26.8 Å². The van der Waals surface area contributed by atoms with E-state index in [0.29, 0.717) is 0 Å². The summed E-state index contributed by atoms with van der Waals surface area (Å²) in [6.45, 7) is 2.56. The SMILES string of the molecule is CNC1CC(C)C(O)NC(=O)C2C(O)C(C)CN2C(=O)C(C(O)CC(N)=O)NC(=O)C(C(C)Cc2ccc(O)c(OS(=O)(=O)O)c2)NC(=O)C2CC(O)CN2C(=O)C(CO)NC1=O. The number of rotatable bonds is 10. The van der Waals surface area contributed by atoms with E-state index < -0.39 is 168 Å². The molecule has 1 aromatic carbocycles. The van der Waals surface area contributed by atoms with Crippen LogP contribution in [0, 0.1) is 17.8 Å². The normalized spacial score (nSPS) is 31.7. The number of aliphatic hydroxyl groups is 5. The van der Waals surface area contributed by atoms with Gasteiger partial charge in [0.1, 0.15) is 36.4 Å². The topological polar surface area (TPSA) is 397 Å². The van der Waals surface area contributed by atoms with Crippen molar-refractivity contribution in [3.63, 3.8) is 0 Å². The largest absolute Gasteiger partial charge is 0.504 e. The van der Waals surface area contributed by atoms with Gasteiger partial charge in [-0.25, -0.2) is 0 Å². The molecular weight excluding hydrogens is 861 g/mol. The number of fused-ring (bicyclic) bond motifs is 2. The molecular formula is C37H56N8O17S. The van der Waals surface area contributed by atoms with Gasteiger partial charge in [-0.2, -0.15) is 8.42 Å². The average Bonchev–Trinajstić information content (AvgIpc) is 3.74. The molecule has 63 heavy (non-hydrogen) atoms. The summed E-state index contributed by atoms with van der Waals surface area (Å²) in [4.78, 5) is 97.9. The fourth-order valence-electron chi connectivity index (χ4n) is 7.88. The van der Waals surface area contributed by atoms with Crippen LogP contribution in [0.2, 0.25) is 0 Å². The molecule has 0 bridgehead atoms. The van der Waals surface area contributed by atoms with Crippen LogP contribution in [0.25, 0.3) is 0 Å². The molecule has 3 heterocycles. The van der Waals surface area contributed by atoms with Crippen molar-refractivity contribution in [2.45, 2.75) is 107 Å². The maximum Gasteiger partial charge on any atom is 0.446 e. The van der Waals surface area contributed by atoms with Crippen molar-refractivity contribution in [3.8, 4) is 11.5 Å². The van der Waals surface area contributed by atoms with Crippen LogP contribution >= 0.6 is 0 Å². The second-order valence-corrected chi connectivity index (χ2v) is 17.3. The standard InChI is InChI=1S/C37H56N8O17S/c1-15(7-18-5-6-23(48)25(9-18)62-63(59,60)61)27-34(55)42-28(24(49)11-26(38)50)37(58)45-12-17(3)30(51)29(45)35(56)43-31(52)16(2)8-20(39-4)32(53)40-21(14-46)36(57)44-13-19(47)10-22(44)33(54)41-27/h5-6,9,15-17,19-22,24,27-31,39,46-49,51-52H,7-8,10-14H2,1-4H3,(H2,38,50)(H,40,53)(H,41,54)(H,42,55)(H,43,56)(H,59,60,61). The molecule has 13 unspecified atom stereocenters. The summed E-state index contributed by atoms with van der Waals surface area (Å²) in [6.07, 6.45) is -8.46. The van der Waals surface area contributed by atoms with Crippen molar-refractivity contribution in [3.05, 3.63) is 23.8 Å². The number of hydrogen-bond acceptors (Lipinski definition) is 17. The molecule has 14 N–H and O–H groups in total. The molecule has 0 aromatic heterocycles. The van der Waals surface area contributed by atoms with Gasteiger partial charge < -0.3 is 76.9 Å². The minimum atomic E-state index is -5.13. The van der Waals surface area contributed by atoms with E-state index in [2.05, 4.69) is 30.8 Å². The third kappa shape index (κ3) is 12.5. The van der Waals surface area contributed by atoms with E-state index in [1.165, 1.54) is 33.9 Å². The lowest BCUT2D eigenvalue weighted by Gasteiger charge is -2.34. The Kier molecular flexibility index (Phi) is 16.8. The average molecular weight is 917 g/mol. The van der Waals surface area contributed by atoms with Crippen molar-refractivity contribution in [2.24, 2.45) is 23.5 Å². The Morgan fingerprint density at radius 3 is 2.16 bits per heavy atom. The molecule has 7 amide bonds. The summed E-state index contributed by atoms with van der Waals surface area (Å²) in [7, 11) is -3.74. The van der Waals surface area contributed by atoms with Gasteiger partial charge in [0.15, 0.2) is 11.5 Å². The number of aromatic hydroxyl groups is 1. The number of carbonyl (C=O) groups excluding carboxylic acids is 7. The summed E-state index contributed by atoms with van der Waals surface area (Å²) < 4.78 is 36.5. The van der Waals surface area contributed by atoms with Gasteiger partial charge in [-0.3, -0.25) is 38.1 Å². The number of hydrogen-bond donors (Lipinski definition) is 13. The fraction of sp³-hybridized carbons (Fsp3) is 0.649. The molecule has 1 aromatic rings. The van der Waals surface area contributed by atoms with E-state index in [9.17, 15) is 77.2 Å². The first-order chi connectivity index (χ1) is 29.4. The zero-order valence-electron chi connectivity index (χ0n) is 34.8. The van der Waals surface area contributed by atoms with E-state index >= 15 is 0 Å². The number of likely N-dealkylation sites (N-methyl/N-ethyl adjacent to an activating group) is 1. The first kappa shape index (κ1) is 50.4. The number of carbonyl (C=O) groups is 7. The summed E-state index contributed by atoms with van der Waals surface area (Å²) >= 11 is 0. The Morgan fingerprint density at radius 1 is 0.905 bits per heavy atom. The van der Waals surface area contributed by atoms with Crippen LogP contribution in [-0.4, -0.2) is 182 Å². The summed E-state index contributed by atoms with van der Waals surface area (Å²) in [6, 6.07) is -6.73. The van der Waals surface area contributed by atoms with Crippen molar-refractivity contribution in [1.29, 1.82) is 0 Å². The minimum Gasteiger partial charge on any atom is -0.504 e. The van der Waals surface area contributed by atoms with Gasteiger partial charge in [-0.15, -0.1) is 0 Å². The van der Waals surface area contributed by atoms with E-state index in [4.69, 9.17) is 5.73 Å². The second-order valence-electron chi connectivity index (χ2n) is 16.3. The highest BCUT2D eigenvalue weighted by molar-refractivity contribution is 7.81. The lowest BCUT2D eigenvalue weighted by atomic mass is 9.92. The van der Waals surface area contributed by atoms with Crippen LogP contribution in [0.15, 0.2) is 18.2 Å². The Bertz CT molecular complexity index is 2010. The lowest BCUT2D eigenvalue weighted by molar-refractivity contribution is -0.148. The Balaban J connectivity index is 1.85. The molecule has 0 aliphatic carbocycles. The molecule has 0 radical (unpaired) electrons. The predicted octanol–water partition coefficient (Wildman–Crippen LogP) is -6.33. The van der Waals surface area contributed by atoms with E-state index in [-0.39, 0.29) is 24.9 Å². The molecule has 3 fully saturated rings. The summed E-state index contributed by atoms with van der Waals surface area (Å²) in [5, 5.41) is 76.7. The van der Waals surface area contributed by atoms with Crippen LogP contribution in [0.4, 0.5) is 0 Å². The number of nitrogens with two attached hydrogens (primary N) is 1. The van der Waals surface area contributed by atoms with Crippen molar-refractivity contribution < 1.29 is 81.4 Å². The van der Waals surface area contributed by atoms with Gasteiger partial charge in [-0.05, 0) is 43.5 Å². The summed E-state index contributed by atoms with van der Waals surface area (Å²) in [5.74, 6) is -11.8. The smallest absolute Gasteiger partial charge is 0.446 e. The highest BCUT2D eigenvalue weighted by Crippen LogP contribution is 2.30. The first-order valence-electron chi connectivity index (χ1n) is 20.0. The highest BCUT2D eigenvalue weighted by atomic mass is 32.3. The third-order valence-electron chi connectivity index (χ3n) is 11.3. The molecule has 0 saturated carbocycles. The number of nitrogens with one attached hydrogen (secondary N) is 5.